The zero-order valence-corrected chi connectivity index (χ0v) is 19.9. The van der Waals surface area contributed by atoms with Crippen molar-refractivity contribution in [3.8, 4) is 22.6 Å². The van der Waals surface area contributed by atoms with Crippen LogP contribution in [0, 0.1) is 19.7 Å². The van der Waals surface area contributed by atoms with Gasteiger partial charge in [0.15, 0.2) is 11.6 Å². The van der Waals surface area contributed by atoms with E-state index in [1.165, 1.54) is 18.9 Å². The van der Waals surface area contributed by atoms with Crippen molar-refractivity contribution in [2.75, 3.05) is 31.6 Å². The van der Waals surface area contributed by atoms with Gasteiger partial charge in [-0.1, -0.05) is 6.07 Å². The SMILES string of the molecule is Cc1ccc(O)cc1-c1cc(C)c2nc(Nc3ccc(OCCN4CCCC4)c(F)c3)nnc2c1. The number of aromatic nitrogens is 3. The molecule has 4 aromatic rings. The lowest BCUT2D eigenvalue weighted by molar-refractivity contribution is 0.231. The van der Waals surface area contributed by atoms with E-state index >= 15 is 0 Å². The molecule has 0 spiro atoms. The van der Waals surface area contributed by atoms with Crippen molar-refractivity contribution in [3.05, 3.63) is 65.5 Å². The van der Waals surface area contributed by atoms with Crippen LogP contribution in [0.2, 0.25) is 0 Å². The molecule has 8 heteroatoms. The first-order valence-corrected chi connectivity index (χ1v) is 11.8. The van der Waals surface area contributed by atoms with Crippen LogP contribution in [-0.2, 0) is 0 Å². The molecule has 0 bridgehead atoms. The number of ether oxygens (including phenoxy) is 1. The average molecular weight is 474 g/mol. The molecule has 0 saturated carbocycles. The van der Waals surface area contributed by atoms with Crippen molar-refractivity contribution < 1.29 is 14.2 Å². The number of fused-ring (bicyclic) bond motifs is 1. The third-order valence-electron chi connectivity index (χ3n) is 6.33. The maximum atomic E-state index is 14.6. The number of hydrogen-bond donors (Lipinski definition) is 2. The van der Waals surface area contributed by atoms with Crippen molar-refractivity contribution in [2.45, 2.75) is 26.7 Å². The van der Waals surface area contributed by atoms with Gasteiger partial charge in [0.2, 0.25) is 5.95 Å². The van der Waals surface area contributed by atoms with E-state index in [1.807, 2.05) is 32.0 Å². The fourth-order valence-corrected chi connectivity index (χ4v) is 4.46. The molecule has 180 valence electrons. The smallest absolute Gasteiger partial charge is 0.247 e. The van der Waals surface area contributed by atoms with Crippen molar-refractivity contribution in [3.63, 3.8) is 0 Å². The lowest BCUT2D eigenvalue weighted by Crippen LogP contribution is -2.25. The van der Waals surface area contributed by atoms with E-state index in [4.69, 9.17) is 4.74 Å². The summed E-state index contributed by atoms with van der Waals surface area (Å²) in [7, 11) is 0. The molecular formula is C27H28FN5O2. The molecule has 2 N–H and O–H groups in total. The number of hydrogen-bond acceptors (Lipinski definition) is 7. The van der Waals surface area contributed by atoms with Crippen molar-refractivity contribution >= 4 is 22.7 Å². The van der Waals surface area contributed by atoms with E-state index < -0.39 is 5.82 Å². The molecule has 0 amide bonds. The predicted molar refractivity (Wildman–Crippen MR) is 135 cm³/mol. The van der Waals surface area contributed by atoms with Gasteiger partial charge < -0.3 is 15.2 Å². The molecule has 35 heavy (non-hydrogen) atoms. The maximum Gasteiger partial charge on any atom is 0.247 e. The Kier molecular flexibility index (Phi) is 6.46. The highest BCUT2D eigenvalue weighted by Gasteiger charge is 2.13. The van der Waals surface area contributed by atoms with Crippen LogP contribution >= 0.6 is 0 Å². The molecule has 1 aromatic heterocycles. The summed E-state index contributed by atoms with van der Waals surface area (Å²) in [5.74, 6) is 0.289. The Morgan fingerprint density at radius 2 is 1.83 bits per heavy atom. The second kappa shape index (κ2) is 9.84. The van der Waals surface area contributed by atoms with E-state index in [0.29, 0.717) is 23.3 Å². The van der Waals surface area contributed by atoms with Crippen LogP contribution in [0.1, 0.15) is 24.0 Å². The van der Waals surface area contributed by atoms with Crippen LogP contribution in [0.3, 0.4) is 0 Å². The Morgan fingerprint density at radius 3 is 2.63 bits per heavy atom. The second-order valence-corrected chi connectivity index (χ2v) is 8.96. The molecule has 1 saturated heterocycles. The minimum Gasteiger partial charge on any atom is -0.508 e. The van der Waals surface area contributed by atoms with Crippen LogP contribution < -0.4 is 10.1 Å². The van der Waals surface area contributed by atoms with Gasteiger partial charge in [0.1, 0.15) is 17.9 Å². The van der Waals surface area contributed by atoms with Crippen molar-refractivity contribution in [2.24, 2.45) is 0 Å². The van der Waals surface area contributed by atoms with Gasteiger partial charge in [-0.2, -0.15) is 0 Å². The van der Waals surface area contributed by atoms with Gasteiger partial charge in [0.05, 0.1) is 5.52 Å². The number of phenols is 1. The van der Waals surface area contributed by atoms with E-state index in [1.54, 1.807) is 24.3 Å². The van der Waals surface area contributed by atoms with Crippen LogP contribution in [0.15, 0.2) is 48.5 Å². The fraction of sp³-hybridized carbons (Fsp3) is 0.296. The zero-order valence-electron chi connectivity index (χ0n) is 19.9. The first-order valence-electron chi connectivity index (χ1n) is 11.8. The third-order valence-corrected chi connectivity index (χ3v) is 6.33. The number of rotatable bonds is 7. The highest BCUT2D eigenvalue weighted by molar-refractivity contribution is 5.85. The molecule has 2 heterocycles. The summed E-state index contributed by atoms with van der Waals surface area (Å²) in [6.45, 7) is 7.40. The van der Waals surface area contributed by atoms with Crippen molar-refractivity contribution in [1.82, 2.24) is 20.1 Å². The molecule has 7 nitrogen and oxygen atoms in total. The van der Waals surface area contributed by atoms with Gasteiger partial charge in [-0.3, -0.25) is 4.90 Å². The lowest BCUT2D eigenvalue weighted by atomic mass is 9.98. The summed E-state index contributed by atoms with van der Waals surface area (Å²) >= 11 is 0. The van der Waals surface area contributed by atoms with Gasteiger partial charge in [-0.05, 0) is 98.4 Å². The number of phenolic OH excluding ortho intramolecular Hbond substituents is 1. The van der Waals surface area contributed by atoms with Crippen LogP contribution in [0.5, 0.6) is 11.5 Å². The number of anilines is 2. The van der Waals surface area contributed by atoms with Crippen LogP contribution in [0.4, 0.5) is 16.0 Å². The Bertz CT molecular complexity index is 1370. The molecular weight excluding hydrogens is 445 g/mol. The predicted octanol–water partition coefficient (Wildman–Crippen LogP) is 5.37. The highest BCUT2D eigenvalue weighted by Crippen LogP contribution is 2.31. The summed E-state index contributed by atoms with van der Waals surface area (Å²) in [6, 6.07) is 13.9. The number of nitrogens with one attached hydrogen (secondary N) is 1. The monoisotopic (exact) mass is 473 g/mol. The molecule has 1 aliphatic rings. The van der Waals surface area contributed by atoms with Gasteiger partial charge >= 0.3 is 0 Å². The number of likely N-dealkylation sites (tertiary alicyclic amines) is 1. The maximum absolute atomic E-state index is 14.6. The van der Waals surface area contributed by atoms with Gasteiger partial charge in [0.25, 0.3) is 0 Å². The van der Waals surface area contributed by atoms with E-state index in [-0.39, 0.29) is 17.4 Å². The molecule has 5 rings (SSSR count). The molecule has 0 radical (unpaired) electrons. The molecule has 1 aliphatic heterocycles. The molecule has 3 aromatic carbocycles. The normalized spacial score (nSPS) is 13.9. The first kappa shape index (κ1) is 23.0. The van der Waals surface area contributed by atoms with Crippen LogP contribution in [0.25, 0.3) is 22.2 Å². The Labute approximate surface area is 203 Å². The van der Waals surface area contributed by atoms with Gasteiger partial charge in [-0.25, -0.2) is 9.37 Å². The number of halogens is 1. The Hall–Kier alpha value is -3.78. The topological polar surface area (TPSA) is 83.4 Å². The average Bonchev–Trinajstić information content (AvgIpc) is 3.36. The first-order chi connectivity index (χ1) is 17.0. The third kappa shape index (κ3) is 5.17. The Balaban J connectivity index is 1.31. The summed E-state index contributed by atoms with van der Waals surface area (Å²) in [5, 5.41) is 21.4. The largest absolute Gasteiger partial charge is 0.508 e. The molecule has 0 unspecified atom stereocenters. The van der Waals surface area contributed by atoms with E-state index in [9.17, 15) is 9.50 Å². The van der Waals surface area contributed by atoms with Crippen LogP contribution in [-0.4, -0.2) is 51.4 Å². The summed E-state index contributed by atoms with van der Waals surface area (Å²) in [6.07, 6.45) is 2.44. The number of aromatic hydroxyl groups is 1. The number of benzene rings is 3. The summed E-state index contributed by atoms with van der Waals surface area (Å²) in [4.78, 5) is 6.92. The minimum absolute atomic E-state index is 0.211. The highest BCUT2D eigenvalue weighted by atomic mass is 19.1. The number of aryl methyl sites for hydroxylation is 2. The standard InChI is InChI=1S/C27H28FN5O2/c1-17-5-7-21(34)16-22(17)19-13-18(2)26-24(14-19)31-32-27(30-26)29-20-6-8-25(23(28)15-20)35-12-11-33-9-3-4-10-33/h5-8,13-16,34H,3-4,9-12H2,1-2H3,(H,29,30,32). The second-order valence-electron chi connectivity index (χ2n) is 8.96. The Morgan fingerprint density at radius 1 is 1.00 bits per heavy atom. The molecule has 0 aliphatic carbocycles. The van der Waals surface area contributed by atoms with Gasteiger partial charge in [0, 0.05) is 18.3 Å². The van der Waals surface area contributed by atoms with Crippen molar-refractivity contribution in [1.29, 1.82) is 0 Å². The summed E-state index contributed by atoms with van der Waals surface area (Å²) < 4.78 is 20.2. The zero-order chi connectivity index (χ0) is 24.4. The minimum atomic E-state index is -0.438. The lowest BCUT2D eigenvalue weighted by Gasteiger charge is -2.15. The molecule has 1 fully saturated rings. The van der Waals surface area contributed by atoms with Gasteiger partial charge in [-0.15, -0.1) is 10.2 Å². The van der Waals surface area contributed by atoms with E-state index in [0.717, 1.165) is 41.9 Å². The quantitative estimate of drug-likeness (QED) is 0.373. The fourth-order valence-electron chi connectivity index (χ4n) is 4.46. The van der Waals surface area contributed by atoms with E-state index in [2.05, 4.69) is 25.4 Å². The number of nitrogens with zero attached hydrogens (tertiary/aromatic N) is 4. The summed E-state index contributed by atoms with van der Waals surface area (Å²) in [5.41, 5.74) is 5.69. The molecule has 0 atom stereocenters.